The minimum Gasteiger partial charge on any atom is -0.493 e. The number of ether oxygens (including phenoxy) is 3. The third-order valence-electron chi connectivity index (χ3n) is 6.62. The maximum absolute atomic E-state index is 13.2. The van der Waals surface area contributed by atoms with E-state index >= 15 is 0 Å². The summed E-state index contributed by atoms with van der Waals surface area (Å²) in [6, 6.07) is 3.81. The molecule has 166 valence electrons. The van der Waals surface area contributed by atoms with Crippen LogP contribution in [0.4, 0.5) is 0 Å². The molecule has 0 unspecified atom stereocenters. The highest BCUT2D eigenvalue weighted by Crippen LogP contribution is 2.44. The van der Waals surface area contributed by atoms with Crippen molar-refractivity contribution in [3.05, 3.63) is 17.7 Å². The normalized spacial score (nSPS) is 21.6. The summed E-state index contributed by atoms with van der Waals surface area (Å²) in [4.78, 5) is 29.9. The average molecular weight is 419 g/mol. The first-order valence-corrected chi connectivity index (χ1v) is 10.8. The molecule has 0 aromatic heterocycles. The summed E-state index contributed by atoms with van der Waals surface area (Å²) in [5, 5.41) is 0. The molecule has 3 rings (SSSR count). The van der Waals surface area contributed by atoms with Crippen LogP contribution in [0.3, 0.4) is 0 Å². The first-order valence-electron chi connectivity index (χ1n) is 10.8. The van der Waals surface area contributed by atoms with Crippen LogP contribution in [-0.2, 0) is 9.59 Å². The van der Waals surface area contributed by atoms with E-state index in [0.29, 0.717) is 36.9 Å². The molecule has 1 aliphatic heterocycles. The number of likely N-dealkylation sites (tertiary alicyclic amines) is 1. The second kappa shape index (κ2) is 9.58. The van der Waals surface area contributed by atoms with Crippen LogP contribution in [0.1, 0.15) is 44.1 Å². The smallest absolute Gasteiger partial charge is 0.227 e. The van der Waals surface area contributed by atoms with Crippen molar-refractivity contribution in [1.29, 1.82) is 0 Å². The molecule has 0 radical (unpaired) electrons. The van der Waals surface area contributed by atoms with E-state index in [1.807, 2.05) is 31.0 Å². The summed E-state index contributed by atoms with van der Waals surface area (Å²) in [6.45, 7) is 3.58. The van der Waals surface area contributed by atoms with Crippen molar-refractivity contribution in [3.63, 3.8) is 0 Å². The second-order valence-electron chi connectivity index (χ2n) is 8.25. The maximum atomic E-state index is 13.2. The molecule has 1 saturated heterocycles. The van der Waals surface area contributed by atoms with E-state index in [-0.39, 0.29) is 29.6 Å². The van der Waals surface area contributed by atoms with Gasteiger partial charge >= 0.3 is 0 Å². The summed E-state index contributed by atoms with van der Waals surface area (Å²) in [6.07, 6.45) is 4.14. The Balaban J connectivity index is 1.96. The van der Waals surface area contributed by atoms with Gasteiger partial charge in [-0.15, -0.1) is 0 Å². The second-order valence-corrected chi connectivity index (χ2v) is 8.25. The van der Waals surface area contributed by atoms with Crippen LogP contribution in [0, 0.1) is 11.8 Å². The number of methoxy groups -OCH3 is 3. The Hall–Kier alpha value is -2.44. The molecule has 0 N–H and O–H groups in total. The average Bonchev–Trinajstić information content (AvgIpc) is 3.46. The molecule has 1 saturated carbocycles. The van der Waals surface area contributed by atoms with Crippen LogP contribution >= 0.6 is 0 Å². The van der Waals surface area contributed by atoms with Gasteiger partial charge in [-0.2, -0.15) is 0 Å². The van der Waals surface area contributed by atoms with Gasteiger partial charge in [0.15, 0.2) is 11.5 Å². The standard InChI is InChI=1S/C23H34N2O5/c1-6-24(2)23(27)18-14-25(22(26)15-9-7-8-10-15)13-17(18)16-11-19(28-3)21(30-5)20(12-16)29-4/h11-12,15,17-18H,6-10,13-14H2,1-5H3/t17-,18+/m0/s1. The minimum atomic E-state index is -0.289. The molecule has 2 amide bonds. The van der Waals surface area contributed by atoms with Gasteiger partial charge in [0.1, 0.15) is 0 Å². The zero-order valence-corrected chi connectivity index (χ0v) is 18.8. The Labute approximate surface area is 179 Å². The number of hydrogen-bond donors (Lipinski definition) is 0. The summed E-state index contributed by atoms with van der Waals surface area (Å²) in [5.74, 6) is 1.59. The van der Waals surface area contributed by atoms with Crippen LogP contribution in [0.25, 0.3) is 0 Å². The van der Waals surface area contributed by atoms with Gasteiger partial charge in [0, 0.05) is 38.5 Å². The molecule has 0 bridgehead atoms. The third kappa shape index (κ3) is 4.20. The predicted molar refractivity (Wildman–Crippen MR) is 114 cm³/mol. The summed E-state index contributed by atoms with van der Waals surface area (Å²) in [7, 11) is 6.55. The van der Waals surface area contributed by atoms with Crippen LogP contribution < -0.4 is 14.2 Å². The van der Waals surface area contributed by atoms with Crippen molar-refractivity contribution < 1.29 is 23.8 Å². The molecule has 7 heteroatoms. The molecule has 1 aromatic rings. The molecular weight excluding hydrogens is 384 g/mol. The van der Waals surface area contributed by atoms with Gasteiger partial charge in [-0.1, -0.05) is 12.8 Å². The fraction of sp³-hybridized carbons (Fsp3) is 0.652. The Morgan fingerprint density at radius 3 is 2.13 bits per heavy atom. The molecular formula is C23H34N2O5. The Morgan fingerprint density at radius 1 is 1.03 bits per heavy atom. The van der Waals surface area contributed by atoms with Crippen molar-refractivity contribution in [2.24, 2.45) is 11.8 Å². The number of amides is 2. The van der Waals surface area contributed by atoms with E-state index in [4.69, 9.17) is 14.2 Å². The van der Waals surface area contributed by atoms with Crippen molar-refractivity contribution >= 4 is 11.8 Å². The first-order chi connectivity index (χ1) is 14.4. The fourth-order valence-electron chi connectivity index (χ4n) is 4.76. The van der Waals surface area contributed by atoms with Crippen LogP contribution in [0.2, 0.25) is 0 Å². The topological polar surface area (TPSA) is 68.3 Å². The number of hydrogen-bond acceptors (Lipinski definition) is 5. The Kier molecular flexibility index (Phi) is 7.10. The molecule has 1 heterocycles. The maximum Gasteiger partial charge on any atom is 0.227 e. The van der Waals surface area contributed by atoms with Gasteiger partial charge in [-0.3, -0.25) is 9.59 Å². The number of carbonyl (C=O) groups is 2. The highest BCUT2D eigenvalue weighted by atomic mass is 16.5. The largest absolute Gasteiger partial charge is 0.493 e. The van der Waals surface area contributed by atoms with Crippen molar-refractivity contribution in [1.82, 2.24) is 9.80 Å². The van der Waals surface area contributed by atoms with Gasteiger partial charge in [-0.05, 0) is 37.5 Å². The van der Waals surface area contributed by atoms with E-state index < -0.39 is 0 Å². The molecule has 7 nitrogen and oxygen atoms in total. The molecule has 0 spiro atoms. The summed E-state index contributed by atoms with van der Waals surface area (Å²) < 4.78 is 16.5. The van der Waals surface area contributed by atoms with E-state index in [1.165, 1.54) is 0 Å². The quantitative estimate of drug-likeness (QED) is 0.681. The van der Waals surface area contributed by atoms with Crippen LogP contribution in [-0.4, -0.2) is 69.6 Å². The third-order valence-corrected chi connectivity index (χ3v) is 6.62. The lowest BCUT2D eigenvalue weighted by molar-refractivity contribution is -0.136. The van der Waals surface area contributed by atoms with Crippen LogP contribution in [0.15, 0.2) is 12.1 Å². The zero-order valence-electron chi connectivity index (χ0n) is 18.8. The Bertz CT molecular complexity index is 750. The first kappa shape index (κ1) is 22.2. The molecule has 2 fully saturated rings. The van der Waals surface area contributed by atoms with Gasteiger partial charge in [0.25, 0.3) is 0 Å². The Morgan fingerprint density at radius 2 is 1.63 bits per heavy atom. The lowest BCUT2D eigenvalue weighted by Gasteiger charge is -2.24. The SMILES string of the molecule is CCN(C)C(=O)[C@@H]1CN(C(=O)C2CCCC2)C[C@H]1c1cc(OC)c(OC)c(OC)c1. The highest BCUT2D eigenvalue weighted by Gasteiger charge is 2.43. The number of nitrogens with zero attached hydrogens (tertiary/aromatic N) is 2. The molecule has 30 heavy (non-hydrogen) atoms. The summed E-state index contributed by atoms with van der Waals surface area (Å²) in [5.41, 5.74) is 0.925. The van der Waals surface area contributed by atoms with Gasteiger partial charge in [0.2, 0.25) is 17.6 Å². The van der Waals surface area contributed by atoms with Crippen molar-refractivity contribution in [3.8, 4) is 17.2 Å². The molecule has 1 aliphatic carbocycles. The van der Waals surface area contributed by atoms with Crippen molar-refractivity contribution in [2.75, 3.05) is 48.0 Å². The van der Waals surface area contributed by atoms with Gasteiger partial charge < -0.3 is 24.0 Å². The molecule has 2 aliphatic rings. The molecule has 2 atom stereocenters. The number of carbonyl (C=O) groups excluding carboxylic acids is 2. The van der Waals surface area contributed by atoms with Gasteiger partial charge in [-0.25, -0.2) is 0 Å². The molecule has 1 aromatic carbocycles. The lowest BCUT2D eigenvalue weighted by atomic mass is 9.87. The number of rotatable bonds is 7. The van der Waals surface area contributed by atoms with Crippen molar-refractivity contribution in [2.45, 2.75) is 38.5 Å². The zero-order chi connectivity index (χ0) is 21.8. The van der Waals surface area contributed by atoms with E-state index in [9.17, 15) is 9.59 Å². The van der Waals surface area contributed by atoms with Gasteiger partial charge in [0.05, 0.1) is 27.2 Å². The predicted octanol–water partition coefficient (Wildman–Crippen LogP) is 2.92. The lowest BCUT2D eigenvalue weighted by Crippen LogP contribution is -2.37. The monoisotopic (exact) mass is 418 g/mol. The van der Waals surface area contributed by atoms with E-state index in [2.05, 4.69) is 0 Å². The van der Waals surface area contributed by atoms with E-state index in [1.54, 1.807) is 26.2 Å². The minimum absolute atomic E-state index is 0.0676. The number of benzene rings is 1. The highest BCUT2D eigenvalue weighted by molar-refractivity contribution is 5.84. The van der Waals surface area contributed by atoms with E-state index in [0.717, 1.165) is 31.2 Å². The summed E-state index contributed by atoms with van der Waals surface area (Å²) >= 11 is 0. The fourth-order valence-corrected chi connectivity index (χ4v) is 4.76. The van der Waals surface area contributed by atoms with Crippen LogP contribution in [0.5, 0.6) is 17.2 Å².